The monoisotopic (exact) mass is 434 g/mol. The van der Waals surface area contributed by atoms with Crippen LogP contribution in [0.15, 0.2) is 36.4 Å². The van der Waals surface area contributed by atoms with E-state index in [-0.39, 0.29) is 0 Å². The van der Waals surface area contributed by atoms with Crippen molar-refractivity contribution in [2.45, 2.75) is 33.9 Å². The molecular formula is C22H25F3N4O2. The summed E-state index contributed by atoms with van der Waals surface area (Å²) >= 11 is 0. The van der Waals surface area contributed by atoms with Crippen molar-refractivity contribution in [1.29, 1.82) is 0 Å². The number of carboxylic acid groups (broad SMARTS) is 1. The average molecular weight is 434 g/mol. The molecule has 3 aromatic rings. The molecule has 1 aromatic heterocycles. The molecule has 166 valence electrons. The number of halogens is 3. The number of aliphatic carboxylic acids is 1. The fraction of sp³-hybridized carbons (Fsp3) is 0.318. The predicted molar refractivity (Wildman–Crippen MR) is 116 cm³/mol. The van der Waals surface area contributed by atoms with E-state index in [2.05, 4.69) is 79.0 Å². The third kappa shape index (κ3) is 5.62. The van der Waals surface area contributed by atoms with Gasteiger partial charge in [0, 0.05) is 18.5 Å². The van der Waals surface area contributed by atoms with Crippen LogP contribution >= 0.6 is 0 Å². The lowest BCUT2D eigenvalue weighted by Gasteiger charge is -2.22. The highest BCUT2D eigenvalue weighted by atomic mass is 19.4. The Morgan fingerprint density at radius 2 is 1.61 bits per heavy atom. The molecule has 31 heavy (non-hydrogen) atoms. The summed E-state index contributed by atoms with van der Waals surface area (Å²) in [7, 11) is 0. The van der Waals surface area contributed by atoms with E-state index in [9.17, 15) is 13.2 Å². The van der Waals surface area contributed by atoms with Crippen molar-refractivity contribution in [2.75, 3.05) is 23.7 Å². The molecule has 2 aromatic carbocycles. The summed E-state index contributed by atoms with van der Waals surface area (Å²) in [6.07, 6.45) is -5.08. The molecule has 0 aliphatic heterocycles. The zero-order valence-electron chi connectivity index (χ0n) is 17.8. The number of carbonyl (C=O) groups is 1. The van der Waals surface area contributed by atoms with Crippen LogP contribution in [0.2, 0.25) is 0 Å². The van der Waals surface area contributed by atoms with Crippen LogP contribution in [-0.4, -0.2) is 40.3 Å². The van der Waals surface area contributed by atoms with Crippen LogP contribution in [0.4, 0.5) is 24.9 Å². The summed E-state index contributed by atoms with van der Waals surface area (Å²) in [6, 6.07) is 12.8. The van der Waals surface area contributed by atoms with Gasteiger partial charge in [-0.2, -0.15) is 18.2 Å². The van der Waals surface area contributed by atoms with E-state index in [1.54, 1.807) is 0 Å². The standard InChI is InChI=1S/C20H24N4.C2HF3O2/c1-5-24(6-2)19-16-11-10-15(12-17(16)22-20(21)23-19)18-13(3)8-7-9-14(18)4;3-2(4,5)1(6)7/h7-12H,5-6H2,1-4H3,(H2,21,22,23);(H,6,7). The Kier molecular flexibility index (Phi) is 7.43. The molecule has 0 bridgehead atoms. The van der Waals surface area contributed by atoms with Crippen LogP contribution in [-0.2, 0) is 4.79 Å². The number of hydrogen-bond donors (Lipinski definition) is 2. The fourth-order valence-corrected chi connectivity index (χ4v) is 3.32. The van der Waals surface area contributed by atoms with Crippen LogP contribution in [0.3, 0.4) is 0 Å². The molecule has 9 heteroatoms. The maximum absolute atomic E-state index is 10.6. The van der Waals surface area contributed by atoms with E-state index in [0.717, 1.165) is 29.8 Å². The zero-order valence-corrected chi connectivity index (χ0v) is 17.8. The van der Waals surface area contributed by atoms with Crippen molar-refractivity contribution < 1.29 is 23.1 Å². The molecule has 0 saturated carbocycles. The zero-order chi connectivity index (χ0) is 23.3. The third-order valence-corrected chi connectivity index (χ3v) is 4.77. The topological polar surface area (TPSA) is 92.3 Å². The minimum atomic E-state index is -5.08. The third-order valence-electron chi connectivity index (χ3n) is 4.77. The molecule has 3 N–H and O–H groups in total. The van der Waals surface area contributed by atoms with Crippen LogP contribution < -0.4 is 10.6 Å². The molecule has 0 radical (unpaired) electrons. The largest absolute Gasteiger partial charge is 0.490 e. The first-order chi connectivity index (χ1) is 14.5. The Balaban J connectivity index is 0.000000423. The Labute approximate surface area is 178 Å². The van der Waals surface area contributed by atoms with Gasteiger partial charge in [-0.3, -0.25) is 0 Å². The lowest BCUT2D eigenvalue weighted by atomic mass is 9.95. The van der Waals surface area contributed by atoms with Crippen LogP contribution in [0, 0.1) is 13.8 Å². The molecule has 1 heterocycles. The molecule has 0 aliphatic carbocycles. The number of anilines is 2. The second-order valence-corrected chi connectivity index (χ2v) is 6.88. The molecule has 0 fully saturated rings. The van der Waals surface area contributed by atoms with Gasteiger partial charge in [0.1, 0.15) is 5.82 Å². The van der Waals surface area contributed by atoms with Crippen molar-refractivity contribution >= 4 is 28.6 Å². The highest BCUT2D eigenvalue weighted by molar-refractivity contribution is 5.93. The van der Waals surface area contributed by atoms with Crippen molar-refractivity contribution in [2.24, 2.45) is 0 Å². The fourth-order valence-electron chi connectivity index (χ4n) is 3.32. The second kappa shape index (κ2) is 9.63. The molecule has 0 spiro atoms. The number of nitrogens with zero attached hydrogens (tertiary/aromatic N) is 3. The first-order valence-electron chi connectivity index (χ1n) is 9.68. The minimum Gasteiger partial charge on any atom is -0.475 e. The number of hydrogen-bond acceptors (Lipinski definition) is 5. The van der Waals surface area contributed by atoms with Gasteiger partial charge in [0.15, 0.2) is 0 Å². The van der Waals surface area contributed by atoms with Crippen molar-refractivity contribution in [3.63, 3.8) is 0 Å². The molecular weight excluding hydrogens is 409 g/mol. The van der Waals surface area contributed by atoms with Crippen molar-refractivity contribution in [3.8, 4) is 11.1 Å². The van der Waals surface area contributed by atoms with Crippen LogP contribution in [0.5, 0.6) is 0 Å². The number of alkyl halides is 3. The summed E-state index contributed by atoms with van der Waals surface area (Å²) in [6.45, 7) is 10.3. The normalized spacial score (nSPS) is 11.1. The number of nitrogens with two attached hydrogens (primary N) is 1. The highest BCUT2D eigenvalue weighted by Crippen LogP contribution is 2.32. The highest BCUT2D eigenvalue weighted by Gasteiger charge is 2.38. The summed E-state index contributed by atoms with van der Waals surface area (Å²) in [5, 5.41) is 8.17. The number of aryl methyl sites for hydroxylation is 2. The van der Waals surface area contributed by atoms with Crippen molar-refractivity contribution in [1.82, 2.24) is 9.97 Å². The number of nitrogen functional groups attached to an aromatic ring is 1. The average Bonchev–Trinajstić information content (AvgIpc) is 2.68. The van der Waals surface area contributed by atoms with Gasteiger partial charge in [0.05, 0.1) is 5.52 Å². The smallest absolute Gasteiger partial charge is 0.475 e. The lowest BCUT2D eigenvalue weighted by Crippen LogP contribution is -2.23. The van der Waals surface area contributed by atoms with E-state index in [1.807, 2.05) is 0 Å². The lowest BCUT2D eigenvalue weighted by molar-refractivity contribution is -0.192. The van der Waals surface area contributed by atoms with Gasteiger partial charge in [-0.15, -0.1) is 0 Å². The molecule has 0 aliphatic rings. The van der Waals surface area contributed by atoms with Gasteiger partial charge < -0.3 is 15.7 Å². The Morgan fingerprint density at radius 3 is 2.10 bits per heavy atom. The molecule has 0 atom stereocenters. The van der Waals surface area contributed by atoms with Gasteiger partial charge in [-0.25, -0.2) is 9.78 Å². The SMILES string of the molecule is CCN(CC)c1nc(N)nc2cc(-c3c(C)cccc3C)ccc12.O=C(O)C(F)(F)F. The predicted octanol–water partition coefficient (Wildman–Crippen LogP) is 4.98. The van der Waals surface area contributed by atoms with E-state index >= 15 is 0 Å². The first kappa shape index (κ1) is 23.9. The molecule has 0 saturated heterocycles. The first-order valence-corrected chi connectivity index (χ1v) is 9.68. The van der Waals surface area contributed by atoms with Crippen molar-refractivity contribution in [3.05, 3.63) is 47.5 Å². The summed E-state index contributed by atoms with van der Waals surface area (Å²) in [4.78, 5) is 20.0. The van der Waals surface area contributed by atoms with Gasteiger partial charge >= 0.3 is 12.1 Å². The van der Waals surface area contributed by atoms with E-state index < -0.39 is 12.1 Å². The summed E-state index contributed by atoms with van der Waals surface area (Å²) in [5.41, 5.74) is 11.8. The molecule has 0 unspecified atom stereocenters. The van der Waals surface area contributed by atoms with Crippen LogP contribution in [0.1, 0.15) is 25.0 Å². The maximum atomic E-state index is 10.6. The van der Waals surface area contributed by atoms with Gasteiger partial charge in [0.2, 0.25) is 5.95 Å². The molecule has 0 amide bonds. The number of rotatable bonds is 4. The second-order valence-electron chi connectivity index (χ2n) is 6.88. The van der Waals surface area contributed by atoms with Gasteiger partial charge in [-0.05, 0) is 62.1 Å². The quantitative estimate of drug-likeness (QED) is 0.602. The molecule has 3 rings (SSSR count). The van der Waals surface area contributed by atoms with E-state index in [0.29, 0.717) is 5.95 Å². The van der Waals surface area contributed by atoms with Gasteiger partial charge in [0.25, 0.3) is 0 Å². The summed E-state index contributed by atoms with van der Waals surface area (Å²) in [5.74, 6) is -1.52. The van der Waals surface area contributed by atoms with Gasteiger partial charge in [-0.1, -0.05) is 24.3 Å². The van der Waals surface area contributed by atoms with Crippen LogP contribution in [0.25, 0.3) is 22.0 Å². The Morgan fingerprint density at radius 1 is 1.06 bits per heavy atom. The Bertz CT molecular complexity index is 1060. The number of benzene rings is 2. The number of fused-ring (bicyclic) bond motifs is 1. The molecule has 6 nitrogen and oxygen atoms in total. The Hall–Kier alpha value is -3.36. The number of carboxylic acids is 1. The summed E-state index contributed by atoms with van der Waals surface area (Å²) < 4.78 is 31.7. The maximum Gasteiger partial charge on any atom is 0.490 e. The van der Waals surface area contributed by atoms with E-state index in [4.69, 9.17) is 15.6 Å². The number of aromatic nitrogens is 2. The minimum absolute atomic E-state index is 0.322. The van der Waals surface area contributed by atoms with E-state index in [1.165, 1.54) is 22.3 Å².